The Labute approximate surface area is 195 Å². The van der Waals surface area contributed by atoms with E-state index in [2.05, 4.69) is 12.6 Å². The van der Waals surface area contributed by atoms with Gasteiger partial charge >= 0.3 is 0 Å². The highest BCUT2D eigenvalue weighted by Gasteiger charge is 2.54. The molecule has 2 unspecified atom stereocenters. The SMILES string of the molecule is C=CC1=NC2(CC(c3cccc(F)c3F)Oc3ccc(-c4cccc(C#N)c4)cc32)C(=O)N1C. The predicted molar refractivity (Wildman–Crippen MR) is 123 cm³/mol. The van der Waals surface area contributed by atoms with Gasteiger partial charge in [-0.25, -0.2) is 13.8 Å². The highest BCUT2D eigenvalue weighted by molar-refractivity contribution is 6.12. The summed E-state index contributed by atoms with van der Waals surface area (Å²) in [5.74, 6) is -1.57. The molecule has 3 aromatic rings. The number of rotatable bonds is 3. The van der Waals surface area contributed by atoms with Crippen molar-refractivity contribution in [1.29, 1.82) is 5.26 Å². The number of hydrogen-bond donors (Lipinski definition) is 0. The molecule has 34 heavy (non-hydrogen) atoms. The Kier molecular flexibility index (Phi) is 5.02. The first-order valence-electron chi connectivity index (χ1n) is 10.6. The summed E-state index contributed by atoms with van der Waals surface area (Å²) in [7, 11) is 1.60. The minimum Gasteiger partial charge on any atom is -0.485 e. The molecule has 0 N–H and O–H groups in total. The Morgan fingerprint density at radius 2 is 1.94 bits per heavy atom. The lowest BCUT2D eigenvalue weighted by Gasteiger charge is -2.37. The third-order valence-corrected chi connectivity index (χ3v) is 6.32. The molecular weight excluding hydrogens is 436 g/mol. The predicted octanol–water partition coefficient (Wildman–Crippen LogP) is 5.28. The molecule has 2 aliphatic rings. The average Bonchev–Trinajstić information content (AvgIpc) is 3.10. The zero-order chi connectivity index (χ0) is 24.0. The molecule has 1 amide bonds. The molecule has 5 nitrogen and oxygen atoms in total. The van der Waals surface area contributed by atoms with E-state index in [0.29, 0.717) is 22.7 Å². The summed E-state index contributed by atoms with van der Waals surface area (Å²) in [6, 6.07) is 18.4. The van der Waals surface area contributed by atoms with Crippen LogP contribution in [0.3, 0.4) is 0 Å². The molecular formula is C27H19F2N3O2. The Balaban J connectivity index is 1.70. The molecule has 168 valence electrons. The van der Waals surface area contributed by atoms with Crippen molar-refractivity contribution in [3.63, 3.8) is 0 Å². The summed E-state index contributed by atoms with van der Waals surface area (Å²) in [5, 5.41) is 9.26. The van der Waals surface area contributed by atoms with Crippen LogP contribution in [0.4, 0.5) is 8.78 Å². The van der Waals surface area contributed by atoms with Crippen molar-refractivity contribution in [3.05, 3.63) is 102 Å². The smallest absolute Gasteiger partial charge is 0.260 e. The molecule has 5 rings (SSSR count). The Hall–Kier alpha value is -4.31. The number of hydrogen-bond acceptors (Lipinski definition) is 4. The molecule has 2 heterocycles. The highest BCUT2D eigenvalue weighted by Crippen LogP contribution is 2.51. The molecule has 1 spiro atoms. The molecule has 3 aromatic carbocycles. The molecule has 0 fully saturated rings. The zero-order valence-electron chi connectivity index (χ0n) is 18.3. The second-order valence-electron chi connectivity index (χ2n) is 8.26. The molecule has 0 saturated carbocycles. The van der Waals surface area contributed by atoms with Gasteiger partial charge in [-0.05, 0) is 47.5 Å². The minimum absolute atomic E-state index is 0.0113. The van der Waals surface area contributed by atoms with Gasteiger partial charge in [-0.3, -0.25) is 9.69 Å². The maximum absolute atomic E-state index is 14.7. The quantitative estimate of drug-likeness (QED) is 0.540. The monoisotopic (exact) mass is 455 g/mol. The summed E-state index contributed by atoms with van der Waals surface area (Å²) in [4.78, 5) is 19.7. The third-order valence-electron chi connectivity index (χ3n) is 6.32. The number of aliphatic imine (C=N–C) groups is 1. The van der Waals surface area contributed by atoms with Crippen molar-refractivity contribution in [2.45, 2.75) is 18.1 Å². The number of amides is 1. The Bertz CT molecular complexity index is 1430. The van der Waals surface area contributed by atoms with E-state index in [1.807, 2.05) is 12.1 Å². The number of carbonyl (C=O) groups is 1. The van der Waals surface area contributed by atoms with Crippen LogP contribution < -0.4 is 4.74 Å². The normalized spacial score (nSPS) is 21.0. The average molecular weight is 455 g/mol. The van der Waals surface area contributed by atoms with E-state index in [4.69, 9.17) is 9.73 Å². The maximum Gasteiger partial charge on any atom is 0.260 e. The van der Waals surface area contributed by atoms with E-state index in [9.17, 15) is 18.8 Å². The van der Waals surface area contributed by atoms with Gasteiger partial charge in [0.1, 0.15) is 17.7 Å². The molecule has 0 radical (unpaired) electrons. The number of likely N-dealkylation sites (N-methyl/N-ethyl adjacent to an activating group) is 1. The first-order valence-corrected chi connectivity index (χ1v) is 10.6. The maximum atomic E-state index is 14.7. The van der Waals surface area contributed by atoms with E-state index < -0.39 is 23.3 Å². The topological polar surface area (TPSA) is 65.7 Å². The van der Waals surface area contributed by atoms with Crippen LogP contribution in [0.2, 0.25) is 0 Å². The molecule has 0 aromatic heterocycles. The van der Waals surface area contributed by atoms with E-state index in [1.54, 1.807) is 37.4 Å². The summed E-state index contributed by atoms with van der Waals surface area (Å²) in [6.45, 7) is 3.75. The molecule has 0 bridgehead atoms. The number of halogens is 2. The summed E-state index contributed by atoms with van der Waals surface area (Å²) >= 11 is 0. The summed E-state index contributed by atoms with van der Waals surface area (Å²) in [5.41, 5.74) is 1.22. The fourth-order valence-corrected chi connectivity index (χ4v) is 4.61. The standard InChI is InChI=1S/C27H19F2N3O2/c1-3-24-31-27(26(33)32(24)2)14-23(19-8-5-9-21(28)25(19)29)34-22-11-10-18(13-20(22)27)17-7-4-6-16(12-17)15-30/h3-13,23H,1,14H2,2H3. The highest BCUT2D eigenvalue weighted by atomic mass is 19.2. The van der Waals surface area contributed by atoms with Gasteiger partial charge in [-0.1, -0.05) is 36.9 Å². The lowest BCUT2D eigenvalue weighted by molar-refractivity contribution is -0.132. The van der Waals surface area contributed by atoms with Gasteiger partial charge in [0.2, 0.25) is 0 Å². The van der Waals surface area contributed by atoms with Gasteiger partial charge in [0, 0.05) is 24.6 Å². The lowest BCUT2D eigenvalue weighted by atomic mass is 9.79. The summed E-state index contributed by atoms with van der Waals surface area (Å²) < 4.78 is 34.8. The van der Waals surface area contributed by atoms with Crippen LogP contribution >= 0.6 is 0 Å². The van der Waals surface area contributed by atoms with Crippen LogP contribution in [0.5, 0.6) is 5.75 Å². The van der Waals surface area contributed by atoms with Crippen molar-refractivity contribution >= 4 is 11.7 Å². The summed E-state index contributed by atoms with van der Waals surface area (Å²) in [6.07, 6.45) is 0.545. The number of nitriles is 1. The largest absolute Gasteiger partial charge is 0.485 e. The second-order valence-corrected chi connectivity index (χ2v) is 8.26. The van der Waals surface area contributed by atoms with Crippen molar-refractivity contribution in [3.8, 4) is 22.9 Å². The van der Waals surface area contributed by atoms with Gasteiger partial charge in [-0.15, -0.1) is 0 Å². The Morgan fingerprint density at radius 3 is 2.68 bits per heavy atom. The molecule has 2 aliphatic heterocycles. The van der Waals surface area contributed by atoms with E-state index in [1.165, 1.54) is 23.1 Å². The molecule has 2 atom stereocenters. The van der Waals surface area contributed by atoms with Gasteiger partial charge < -0.3 is 4.74 Å². The van der Waals surface area contributed by atoms with E-state index >= 15 is 0 Å². The van der Waals surface area contributed by atoms with Crippen LogP contribution in [0, 0.1) is 23.0 Å². The van der Waals surface area contributed by atoms with Crippen molar-refractivity contribution in [1.82, 2.24) is 4.90 Å². The number of ether oxygens (including phenoxy) is 1. The number of carbonyl (C=O) groups excluding carboxylic acids is 1. The van der Waals surface area contributed by atoms with Crippen LogP contribution in [0.25, 0.3) is 11.1 Å². The number of nitrogens with zero attached hydrogens (tertiary/aromatic N) is 3. The molecule has 0 aliphatic carbocycles. The number of fused-ring (bicyclic) bond motifs is 2. The van der Waals surface area contributed by atoms with Crippen LogP contribution in [0.1, 0.15) is 29.2 Å². The Morgan fingerprint density at radius 1 is 1.18 bits per heavy atom. The van der Waals surface area contributed by atoms with Gasteiger partial charge in [0.05, 0.1) is 11.6 Å². The molecule has 0 saturated heterocycles. The zero-order valence-corrected chi connectivity index (χ0v) is 18.3. The molecule has 7 heteroatoms. The first-order chi connectivity index (χ1) is 16.4. The van der Waals surface area contributed by atoms with Crippen molar-refractivity contribution in [2.24, 2.45) is 4.99 Å². The fraction of sp³-hybridized carbons (Fsp3) is 0.148. The van der Waals surface area contributed by atoms with E-state index in [0.717, 1.165) is 17.2 Å². The fourth-order valence-electron chi connectivity index (χ4n) is 4.61. The van der Waals surface area contributed by atoms with Gasteiger partial charge in [-0.2, -0.15) is 5.26 Å². The second kappa shape index (κ2) is 7.92. The minimum atomic E-state index is -1.39. The third kappa shape index (κ3) is 3.19. The van der Waals surface area contributed by atoms with Crippen LogP contribution in [-0.4, -0.2) is 23.7 Å². The van der Waals surface area contributed by atoms with Crippen molar-refractivity contribution in [2.75, 3.05) is 7.05 Å². The van der Waals surface area contributed by atoms with Crippen LogP contribution in [-0.2, 0) is 10.3 Å². The van der Waals surface area contributed by atoms with Gasteiger partial charge in [0.15, 0.2) is 17.2 Å². The van der Waals surface area contributed by atoms with Crippen LogP contribution in [0.15, 0.2) is 78.3 Å². The number of amidine groups is 1. The lowest BCUT2D eigenvalue weighted by Crippen LogP contribution is -2.43. The first kappa shape index (κ1) is 21.5. The number of benzene rings is 3. The van der Waals surface area contributed by atoms with E-state index in [-0.39, 0.29) is 17.9 Å². The van der Waals surface area contributed by atoms with Crippen molar-refractivity contribution < 1.29 is 18.3 Å². The van der Waals surface area contributed by atoms with Gasteiger partial charge in [0.25, 0.3) is 5.91 Å².